The Balaban J connectivity index is 1.66. The molecule has 0 bridgehead atoms. The van der Waals surface area contributed by atoms with Crippen molar-refractivity contribution in [3.63, 3.8) is 0 Å². The van der Waals surface area contributed by atoms with Gasteiger partial charge in [-0.3, -0.25) is 0 Å². The smallest absolute Gasteiger partial charge is 0.231 e. The molecule has 0 radical (unpaired) electrons. The monoisotopic (exact) mass is 277 g/mol. The second-order valence-electron chi connectivity index (χ2n) is 4.52. The molecule has 0 atom stereocenters. The van der Waals surface area contributed by atoms with E-state index in [4.69, 9.17) is 9.47 Å². The first-order valence-corrected chi connectivity index (χ1v) is 7.02. The predicted octanol–water partition coefficient (Wildman–Crippen LogP) is 2.78. The summed E-state index contributed by atoms with van der Waals surface area (Å²) in [6.07, 6.45) is 0. The highest BCUT2D eigenvalue weighted by Gasteiger charge is 2.16. The SMILES string of the molecule is Cc1cscc1CNCc1cc2c(cc1O)OCO2. The van der Waals surface area contributed by atoms with E-state index in [1.54, 1.807) is 17.4 Å². The number of phenolic OH excluding ortho intramolecular Hbond substituents is 1. The van der Waals surface area contributed by atoms with Gasteiger partial charge in [-0.15, -0.1) is 0 Å². The number of hydrogen-bond acceptors (Lipinski definition) is 5. The second-order valence-corrected chi connectivity index (χ2v) is 5.26. The summed E-state index contributed by atoms with van der Waals surface area (Å²) in [5, 5.41) is 17.5. The molecule has 0 saturated carbocycles. The molecule has 2 aromatic rings. The first kappa shape index (κ1) is 12.3. The van der Waals surface area contributed by atoms with Crippen molar-refractivity contribution in [1.82, 2.24) is 5.32 Å². The van der Waals surface area contributed by atoms with Gasteiger partial charge in [0.15, 0.2) is 11.5 Å². The van der Waals surface area contributed by atoms with Crippen LogP contribution in [0.5, 0.6) is 17.2 Å². The first-order valence-electron chi connectivity index (χ1n) is 6.08. The Morgan fingerprint density at radius 3 is 2.63 bits per heavy atom. The van der Waals surface area contributed by atoms with Crippen LogP contribution in [0.15, 0.2) is 22.9 Å². The Hall–Kier alpha value is -1.72. The van der Waals surface area contributed by atoms with E-state index in [1.165, 1.54) is 11.1 Å². The molecule has 0 saturated heterocycles. The minimum Gasteiger partial charge on any atom is -0.507 e. The number of hydrogen-bond donors (Lipinski definition) is 2. The number of phenols is 1. The predicted molar refractivity (Wildman–Crippen MR) is 73.8 cm³/mol. The molecule has 5 heteroatoms. The van der Waals surface area contributed by atoms with E-state index < -0.39 is 0 Å². The standard InChI is InChI=1S/C14H15NO3S/c1-9-6-19-7-11(9)5-15-4-10-2-13-14(3-12(10)16)18-8-17-13/h2-3,6-7,15-16H,4-5,8H2,1H3. The zero-order valence-electron chi connectivity index (χ0n) is 10.6. The molecule has 0 amide bonds. The average Bonchev–Trinajstić information content (AvgIpc) is 2.99. The Morgan fingerprint density at radius 2 is 1.89 bits per heavy atom. The zero-order valence-corrected chi connectivity index (χ0v) is 11.4. The highest BCUT2D eigenvalue weighted by atomic mass is 32.1. The van der Waals surface area contributed by atoms with Crippen LogP contribution in [-0.2, 0) is 13.1 Å². The van der Waals surface area contributed by atoms with Gasteiger partial charge in [0.1, 0.15) is 5.75 Å². The fraction of sp³-hybridized carbons (Fsp3) is 0.286. The largest absolute Gasteiger partial charge is 0.507 e. The van der Waals surface area contributed by atoms with Crippen LogP contribution in [0.1, 0.15) is 16.7 Å². The van der Waals surface area contributed by atoms with E-state index >= 15 is 0 Å². The van der Waals surface area contributed by atoms with Crippen molar-refractivity contribution >= 4 is 11.3 Å². The fourth-order valence-electron chi connectivity index (χ4n) is 2.01. The number of ether oxygens (including phenoxy) is 2. The minimum absolute atomic E-state index is 0.222. The highest BCUT2D eigenvalue weighted by Crippen LogP contribution is 2.37. The van der Waals surface area contributed by atoms with Gasteiger partial charge in [0, 0.05) is 24.7 Å². The van der Waals surface area contributed by atoms with Crippen LogP contribution in [0.4, 0.5) is 0 Å². The van der Waals surface area contributed by atoms with Crippen LogP contribution in [0.3, 0.4) is 0 Å². The van der Waals surface area contributed by atoms with Gasteiger partial charge in [-0.25, -0.2) is 0 Å². The van der Waals surface area contributed by atoms with Crippen molar-refractivity contribution in [3.05, 3.63) is 39.6 Å². The Bertz CT molecular complexity index is 594. The number of aromatic hydroxyl groups is 1. The fourth-order valence-corrected chi connectivity index (χ4v) is 2.87. The van der Waals surface area contributed by atoms with Gasteiger partial charge in [-0.05, 0) is 34.9 Å². The van der Waals surface area contributed by atoms with Gasteiger partial charge in [-0.1, -0.05) is 0 Å². The summed E-state index contributed by atoms with van der Waals surface area (Å²) >= 11 is 1.71. The van der Waals surface area contributed by atoms with E-state index in [0.29, 0.717) is 18.0 Å². The van der Waals surface area contributed by atoms with Crippen molar-refractivity contribution in [1.29, 1.82) is 0 Å². The molecular formula is C14H15NO3S. The Morgan fingerprint density at radius 1 is 1.16 bits per heavy atom. The van der Waals surface area contributed by atoms with Crippen LogP contribution in [0.25, 0.3) is 0 Å². The number of thiophene rings is 1. The Kier molecular flexibility index (Phi) is 3.31. The quantitative estimate of drug-likeness (QED) is 0.902. The topological polar surface area (TPSA) is 50.7 Å². The second kappa shape index (κ2) is 5.11. The zero-order chi connectivity index (χ0) is 13.2. The lowest BCUT2D eigenvalue weighted by molar-refractivity contribution is 0.174. The number of aryl methyl sites for hydroxylation is 1. The van der Waals surface area contributed by atoms with Crippen molar-refractivity contribution in [2.24, 2.45) is 0 Å². The molecule has 1 aromatic carbocycles. The third-order valence-corrected chi connectivity index (χ3v) is 4.08. The van der Waals surface area contributed by atoms with Gasteiger partial charge in [0.25, 0.3) is 0 Å². The van der Waals surface area contributed by atoms with Gasteiger partial charge in [0.05, 0.1) is 0 Å². The molecule has 4 nitrogen and oxygen atoms in total. The maximum absolute atomic E-state index is 9.91. The van der Waals surface area contributed by atoms with Crippen molar-refractivity contribution in [2.45, 2.75) is 20.0 Å². The van der Waals surface area contributed by atoms with Gasteiger partial charge in [-0.2, -0.15) is 11.3 Å². The molecule has 0 fully saturated rings. The van der Waals surface area contributed by atoms with Crippen LogP contribution < -0.4 is 14.8 Å². The highest BCUT2D eigenvalue weighted by molar-refractivity contribution is 7.08. The minimum atomic E-state index is 0.222. The van der Waals surface area contributed by atoms with E-state index in [1.807, 2.05) is 6.07 Å². The lowest BCUT2D eigenvalue weighted by Crippen LogP contribution is -2.12. The van der Waals surface area contributed by atoms with Crippen LogP contribution in [-0.4, -0.2) is 11.9 Å². The van der Waals surface area contributed by atoms with E-state index in [-0.39, 0.29) is 12.5 Å². The lowest BCUT2D eigenvalue weighted by atomic mass is 10.1. The van der Waals surface area contributed by atoms with Crippen molar-refractivity contribution < 1.29 is 14.6 Å². The van der Waals surface area contributed by atoms with Crippen molar-refractivity contribution in [3.8, 4) is 17.2 Å². The number of fused-ring (bicyclic) bond motifs is 1. The maximum atomic E-state index is 9.91. The van der Waals surface area contributed by atoms with Crippen LogP contribution >= 0.6 is 11.3 Å². The summed E-state index contributed by atoms with van der Waals surface area (Å²) in [5.74, 6) is 1.54. The summed E-state index contributed by atoms with van der Waals surface area (Å²) in [7, 11) is 0. The molecule has 0 spiro atoms. The molecule has 19 heavy (non-hydrogen) atoms. The summed E-state index contributed by atoms with van der Waals surface area (Å²) in [5.41, 5.74) is 3.41. The normalized spacial score (nSPS) is 12.9. The Labute approximate surface area is 115 Å². The molecule has 1 aromatic heterocycles. The third-order valence-electron chi connectivity index (χ3n) is 3.17. The molecular weight excluding hydrogens is 262 g/mol. The first-order chi connectivity index (χ1) is 9.24. The molecule has 1 aliphatic rings. The maximum Gasteiger partial charge on any atom is 0.231 e. The van der Waals surface area contributed by atoms with Crippen LogP contribution in [0, 0.1) is 6.92 Å². The third kappa shape index (κ3) is 2.52. The summed E-state index contributed by atoms with van der Waals surface area (Å²) in [6.45, 7) is 3.71. The molecule has 0 unspecified atom stereocenters. The van der Waals surface area contributed by atoms with Gasteiger partial charge >= 0.3 is 0 Å². The number of nitrogens with one attached hydrogen (secondary N) is 1. The molecule has 1 aliphatic heterocycles. The van der Waals surface area contributed by atoms with Crippen molar-refractivity contribution in [2.75, 3.05) is 6.79 Å². The van der Waals surface area contributed by atoms with Gasteiger partial charge < -0.3 is 19.9 Å². The molecule has 2 heterocycles. The van der Waals surface area contributed by atoms with E-state index in [9.17, 15) is 5.11 Å². The summed E-state index contributed by atoms with van der Waals surface area (Å²) in [4.78, 5) is 0. The van der Waals surface area contributed by atoms with Crippen LogP contribution in [0.2, 0.25) is 0 Å². The molecule has 0 aliphatic carbocycles. The van der Waals surface area contributed by atoms with Gasteiger partial charge in [0.2, 0.25) is 6.79 Å². The lowest BCUT2D eigenvalue weighted by Gasteiger charge is -2.08. The number of rotatable bonds is 4. The molecule has 100 valence electrons. The molecule has 3 rings (SSSR count). The average molecular weight is 277 g/mol. The van der Waals surface area contributed by atoms with E-state index in [2.05, 4.69) is 23.0 Å². The molecule has 2 N–H and O–H groups in total. The summed E-state index contributed by atoms with van der Waals surface area (Å²) < 4.78 is 10.5. The summed E-state index contributed by atoms with van der Waals surface area (Å²) in [6, 6.07) is 3.43. The number of benzene rings is 1. The van der Waals surface area contributed by atoms with E-state index in [0.717, 1.165) is 12.1 Å².